The van der Waals surface area contributed by atoms with Gasteiger partial charge in [0.15, 0.2) is 0 Å². The van der Waals surface area contributed by atoms with E-state index in [0.717, 1.165) is 53.4 Å². The summed E-state index contributed by atoms with van der Waals surface area (Å²) in [6.45, 7) is 8.37. The Labute approximate surface area is 154 Å². The van der Waals surface area contributed by atoms with Gasteiger partial charge < -0.3 is 14.5 Å². The number of hydrogen-bond donors (Lipinski definition) is 1. The molecule has 0 bridgehead atoms. The molecule has 1 aliphatic heterocycles. The van der Waals surface area contributed by atoms with Gasteiger partial charge in [-0.3, -0.25) is 9.69 Å². The number of ether oxygens (including phenoxy) is 1. The molecule has 0 spiro atoms. The van der Waals surface area contributed by atoms with Crippen molar-refractivity contribution in [3.05, 3.63) is 34.7 Å². The topological polar surface area (TPSA) is 67.6 Å². The number of aryl methyl sites for hydroxylation is 3. The number of hydrogen-bond acceptors (Lipinski definition) is 5. The van der Waals surface area contributed by atoms with E-state index >= 15 is 0 Å². The van der Waals surface area contributed by atoms with Crippen LogP contribution in [0, 0.1) is 26.7 Å². The van der Waals surface area contributed by atoms with Crippen LogP contribution in [0.15, 0.2) is 16.5 Å². The lowest BCUT2D eigenvalue weighted by atomic mass is 10.0. The van der Waals surface area contributed by atoms with Gasteiger partial charge in [0.1, 0.15) is 11.5 Å². The molecule has 1 atom stereocenters. The van der Waals surface area contributed by atoms with Crippen molar-refractivity contribution in [3.8, 4) is 17.2 Å². The third-order valence-electron chi connectivity index (χ3n) is 5.13. The molecule has 1 aliphatic rings. The molecule has 140 valence electrons. The monoisotopic (exact) mass is 357 g/mol. The van der Waals surface area contributed by atoms with Crippen LogP contribution in [-0.4, -0.2) is 43.0 Å². The predicted molar refractivity (Wildman–Crippen MR) is 100 cm³/mol. The van der Waals surface area contributed by atoms with Crippen molar-refractivity contribution in [2.45, 2.75) is 33.7 Å². The van der Waals surface area contributed by atoms with Crippen LogP contribution in [0.1, 0.15) is 29.0 Å². The molecule has 2 heterocycles. The highest BCUT2D eigenvalue weighted by Crippen LogP contribution is 2.31. The molecule has 1 fully saturated rings. The minimum Gasteiger partial charge on any atom is -0.496 e. The van der Waals surface area contributed by atoms with Crippen LogP contribution in [0.25, 0.3) is 11.5 Å². The van der Waals surface area contributed by atoms with Gasteiger partial charge in [-0.25, -0.2) is 4.98 Å². The summed E-state index contributed by atoms with van der Waals surface area (Å²) in [7, 11) is 3.37. The summed E-state index contributed by atoms with van der Waals surface area (Å²) >= 11 is 0. The third kappa shape index (κ3) is 3.60. The fourth-order valence-corrected chi connectivity index (χ4v) is 3.54. The van der Waals surface area contributed by atoms with E-state index in [1.165, 1.54) is 0 Å². The fraction of sp³-hybridized carbons (Fsp3) is 0.500. The van der Waals surface area contributed by atoms with Crippen LogP contribution in [0.5, 0.6) is 5.75 Å². The Kier molecular flexibility index (Phi) is 5.32. The second kappa shape index (κ2) is 7.50. The van der Waals surface area contributed by atoms with E-state index in [4.69, 9.17) is 14.1 Å². The van der Waals surface area contributed by atoms with E-state index in [-0.39, 0.29) is 11.8 Å². The first-order valence-electron chi connectivity index (χ1n) is 8.98. The van der Waals surface area contributed by atoms with E-state index in [1.807, 2.05) is 26.8 Å². The van der Waals surface area contributed by atoms with Gasteiger partial charge in [-0.15, -0.1) is 0 Å². The molecule has 1 N–H and O–H groups in total. The molecule has 0 saturated carbocycles. The molecule has 1 saturated heterocycles. The predicted octanol–water partition coefficient (Wildman–Crippen LogP) is 2.84. The number of aromatic nitrogens is 1. The van der Waals surface area contributed by atoms with Crippen LogP contribution < -0.4 is 10.1 Å². The smallest absolute Gasteiger partial charge is 0.226 e. The maximum absolute atomic E-state index is 11.8. The van der Waals surface area contributed by atoms with Crippen molar-refractivity contribution in [2.75, 3.05) is 27.2 Å². The number of oxazole rings is 1. The van der Waals surface area contributed by atoms with E-state index in [9.17, 15) is 4.79 Å². The van der Waals surface area contributed by atoms with Gasteiger partial charge in [0, 0.05) is 25.7 Å². The molecular weight excluding hydrogens is 330 g/mol. The van der Waals surface area contributed by atoms with Gasteiger partial charge in [0.25, 0.3) is 0 Å². The summed E-state index contributed by atoms with van der Waals surface area (Å²) in [5.41, 5.74) is 4.05. The van der Waals surface area contributed by atoms with Gasteiger partial charge in [0.2, 0.25) is 11.8 Å². The maximum Gasteiger partial charge on any atom is 0.226 e. The summed E-state index contributed by atoms with van der Waals surface area (Å²) in [5, 5.41) is 2.74. The van der Waals surface area contributed by atoms with Crippen molar-refractivity contribution < 1.29 is 13.9 Å². The zero-order chi connectivity index (χ0) is 18.8. The van der Waals surface area contributed by atoms with Gasteiger partial charge in [-0.2, -0.15) is 0 Å². The molecule has 0 radical (unpaired) electrons. The SMILES string of the molecule is CNC(=O)[C@H]1CCN(Cc2nc(-c3cc(C)c(OC)cc3C)oc2C)C1. The number of nitrogens with one attached hydrogen (secondary N) is 1. The Balaban J connectivity index is 1.78. The molecule has 6 nitrogen and oxygen atoms in total. The first-order chi connectivity index (χ1) is 12.4. The number of carbonyl (C=O) groups is 1. The third-order valence-corrected chi connectivity index (χ3v) is 5.13. The Hall–Kier alpha value is -2.34. The summed E-state index contributed by atoms with van der Waals surface area (Å²) in [5.74, 6) is 2.53. The molecule has 3 rings (SSSR count). The second-order valence-corrected chi connectivity index (χ2v) is 6.99. The lowest BCUT2D eigenvalue weighted by Gasteiger charge is -2.14. The second-order valence-electron chi connectivity index (χ2n) is 6.99. The Bertz CT molecular complexity index is 813. The molecule has 6 heteroatoms. The maximum atomic E-state index is 11.8. The quantitative estimate of drug-likeness (QED) is 0.891. The van der Waals surface area contributed by atoms with Gasteiger partial charge in [0.05, 0.1) is 18.7 Å². The molecule has 2 aromatic rings. The number of carbonyl (C=O) groups excluding carboxylic acids is 1. The van der Waals surface area contributed by atoms with Crippen LogP contribution in [0.3, 0.4) is 0 Å². The number of benzene rings is 1. The average Bonchev–Trinajstić information content (AvgIpc) is 3.23. The number of amides is 1. The number of rotatable bonds is 5. The van der Waals surface area contributed by atoms with E-state index in [2.05, 4.69) is 16.3 Å². The van der Waals surface area contributed by atoms with Gasteiger partial charge in [-0.05, 0) is 57.0 Å². The molecule has 1 amide bonds. The molecule has 0 unspecified atom stereocenters. The normalized spacial score (nSPS) is 17.5. The van der Waals surface area contributed by atoms with Crippen molar-refractivity contribution in [1.29, 1.82) is 0 Å². The number of methoxy groups -OCH3 is 1. The molecule has 0 aliphatic carbocycles. The number of nitrogens with zero attached hydrogens (tertiary/aromatic N) is 2. The average molecular weight is 357 g/mol. The summed E-state index contributed by atoms with van der Waals surface area (Å²) in [6.07, 6.45) is 0.889. The largest absolute Gasteiger partial charge is 0.496 e. The van der Waals surface area contributed by atoms with Gasteiger partial charge in [-0.1, -0.05) is 0 Å². The van der Waals surface area contributed by atoms with E-state index in [0.29, 0.717) is 12.4 Å². The van der Waals surface area contributed by atoms with Crippen molar-refractivity contribution in [1.82, 2.24) is 15.2 Å². The highest BCUT2D eigenvalue weighted by molar-refractivity contribution is 5.78. The summed E-state index contributed by atoms with van der Waals surface area (Å²) in [6, 6.07) is 4.07. The summed E-state index contributed by atoms with van der Waals surface area (Å²) < 4.78 is 11.3. The minimum absolute atomic E-state index is 0.0677. The highest BCUT2D eigenvalue weighted by Gasteiger charge is 2.28. The van der Waals surface area contributed by atoms with E-state index in [1.54, 1.807) is 14.2 Å². The molecular formula is C20H27N3O3. The molecule has 1 aromatic heterocycles. The lowest BCUT2D eigenvalue weighted by molar-refractivity contribution is -0.124. The fourth-order valence-electron chi connectivity index (χ4n) is 3.54. The molecule has 26 heavy (non-hydrogen) atoms. The first-order valence-corrected chi connectivity index (χ1v) is 8.98. The Morgan fingerprint density at radius 1 is 1.35 bits per heavy atom. The van der Waals surface area contributed by atoms with Crippen molar-refractivity contribution >= 4 is 5.91 Å². The van der Waals surface area contributed by atoms with Crippen LogP contribution in [0.4, 0.5) is 0 Å². The minimum atomic E-state index is 0.0677. The molecule has 1 aromatic carbocycles. The van der Waals surface area contributed by atoms with Crippen LogP contribution in [-0.2, 0) is 11.3 Å². The summed E-state index contributed by atoms with van der Waals surface area (Å²) in [4.78, 5) is 18.8. The van der Waals surface area contributed by atoms with Crippen molar-refractivity contribution in [2.24, 2.45) is 5.92 Å². The van der Waals surface area contributed by atoms with Crippen LogP contribution in [0.2, 0.25) is 0 Å². The zero-order valence-electron chi connectivity index (χ0n) is 16.2. The Morgan fingerprint density at radius 2 is 2.12 bits per heavy atom. The van der Waals surface area contributed by atoms with Crippen molar-refractivity contribution in [3.63, 3.8) is 0 Å². The standard InChI is InChI=1S/C20H27N3O3/c1-12-9-18(25-5)13(2)8-16(12)20-22-17(14(3)26-20)11-23-7-6-15(10-23)19(24)21-4/h8-9,15H,6-7,10-11H2,1-5H3,(H,21,24)/t15-/m0/s1. The van der Waals surface area contributed by atoms with E-state index < -0.39 is 0 Å². The zero-order valence-corrected chi connectivity index (χ0v) is 16.2. The van der Waals surface area contributed by atoms with Gasteiger partial charge >= 0.3 is 0 Å². The van der Waals surface area contributed by atoms with Crippen LogP contribution >= 0.6 is 0 Å². The Morgan fingerprint density at radius 3 is 2.81 bits per heavy atom. The lowest BCUT2D eigenvalue weighted by Crippen LogP contribution is -2.30. The first kappa shape index (κ1) is 18.5. The highest BCUT2D eigenvalue weighted by atomic mass is 16.5. The number of likely N-dealkylation sites (tertiary alicyclic amines) is 1.